The minimum absolute atomic E-state index is 0.280. The van der Waals surface area contributed by atoms with Crippen molar-refractivity contribution in [2.45, 2.75) is 32.0 Å². The molecule has 0 N–H and O–H groups in total. The predicted molar refractivity (Wildman–Crippen MR) is 48.5 cm³/mol. The second-order valence-electron chi connectivity index (χ2n) is 2.99. The summed E-state index contributed by atoms with van der Waals surface area (Å²) in [5.74, 6) is 0. The van der Waals surface area contributed by atoms with Crippen LogP contribution in [-0.2, 0) is 9.09 Å². The molecule has 15 heavy (non-hydrogen) atoms. The molecule has 0 aliphatic heterocycles. The maximum atomic E-state index is 12.1. The smallest absolute Gasteiger partial charge is 0.418 e. The van der Waals surface area contributed by atoms with Crippen LogP contribution in [0.15, 0.2) is 12.7 Å². The van der Waals surface area contributed by atoms with Gasteiger partial charge in [-0.05, 0) is 6.42 Å². The highest BCUT2D eigenvalue weighted by Crippen LogP contribution is 2.43. The molecule has 0 radical (unpaired) electrons. The van der Waals surface area contributed by atoms with Gasteiger partial charge in [0.2, 0.25) is 0 Å². The third-order valence-corrected chi connectivity index (χ3v) is 3.01. The largest absolute Gasteiger partial charge is 0.778 e. The molecule has 0 saturated heterocycles. The molecule has 2 atom stereocenters. The molecule has 0 saturated carbocycles. The standard InChI is InChI=1S/C8H14F3O3P/c1-3-5-6-15(12,13)14-7(4-2)8(9,10)11/h4,7H,2-3,5-6H2,1H3,(H,12,13)/p-1. The summed E-state index contributed by atoms with van der Waals surface area (Å²) in [6.45, 7) is 4.62. The van der Waals surface area contributed by atoms with Crippen molar-refractivity contribution in [1.82, 2.24) is 0 Å². The van der Waals surface area contributed by atoms with E-state index >= 15 is 0 Å². The van der Waals surface area contributed by atoms with Crippen LogP contribution in [-0.4, -0.2) is 18.4 Å². The zero-order chi connectivity index (χ0) is 12.1. The first-order valence-electron chi connectivity index (χ1n) is 4.40. The third-order valence-electron chi connectivity index (χ3n) is 1.60. The van der Waals surface area contributed by atoms with Gasteiger partial charge in [-0.15, -0.1) is 6.58 Å². The van der Waals surface area contributed by atoms with Crippen LogP contribution in [0.4, 0.5) is 13.2 Å². The summed E-state index contributed by atoms with van der Waals surface area (Å²) in [5.41, 5.74) is 0. The van der Waals surface area contributed by atoms with E-state index in [1.54, 1.807) is 6.92 Å². The lowest BCUT2D eigenvalue weighted by atomic mass is 10.3. The van der Waals surface area contributed by atoms with Crippen LogP contribution in [0.2, 0.25) is 0 Å². The van der Waals surface area contributed by atoms with E-state index in [0.717, 1.165) is 0 Å². The third kappa shape index (κ3) is 5.97. The first-order valence-corrected chi connectivity index (χ1v) is 6.13. The zero-order valence-electron chi connectivity index (χ0n) is 8.29. The number of hydrogen-bond acceptors (Lipinski definition) is 3. The second kappa shape index (κ2) is 5.68. The summed E-state index contributed by atoms with van der Waals surface area (Å²) in [6.07, 6.45) is -6.30. The molecule has 0 rings (SSSR count). The van der Waals surface area contributed by atoms with Gasteiger partial charge in [0.15, 0.2) is 6.10 Å². The normalized spacial score (nSPS) is 18.2. The van der Waals surface area contributed by atoms with Crippen LogP contribution in [0.1, 0.15) is 19.8 Å². The quantitative estimate of drug-likeness (QED) is 0.533. The van der Waals surface area contributed by atoms with Gasteiger partial charge in [-0.25, -0.2) is 0 Å². The second-order valence-corrected chi connectivity index (χ2v) is 4.87. The van der Waals surface area contributed by atoms with Crippen LogP contribution < -0.4 is 4.89 Å². The molecule has 0 bridgehead atoms. The molecule has 0 aliphatic rings. The van der Waals surface area contributed by atoms with Crippen molar-refractivity contribution in [2.24, 2.45) is 0 Å². The van der Waals surface area contributed by atoms with Crippen molar-refractivity contribution < 1.29 is 27.2 Å². The Balaban J connectivity index is 4.41. The van der Waals surface area contributed by atoms with E-state index in [0.29, 0.717) is 12.5 Å². The fourth-order valence-corrected chi connectivity index (χ4v) is 2.17. The molecule has 2 unspecified atom stereocenters. The topological polar surface area (TPSA) is 49.4 Å². The Morgan fingerprint density at radius 1 is 1.60 bits per heavy atom. The SMILES string of the molecule is C=CC(OP(=O)([O-])CCCC)C(F)(F)F. The first-order chi connectivity index (χ1) is 6.73. The molecule has 0 heterocycles. The molecule has 0 fully saturated rings. The predicted octanol–water partition coefficient (Wildman–Crippen LogP) is 2.47. The van der Waals surface area contributed by atoms with E-state index in [-0.39, 0.29) is 12.6 Å². The highest BCUT2D eigenvalue weighted by atomic mass is 31.2. The molecule has 3 nitrogen and oxygen atoms in total. The van der Waals surface area contributed by atoms with E-state index in [1.165, 1.54) is 0 Å². The number of halogens is 3. The van der Waals surface area contributed by atoms with Crippen molar-refractivity contribution in [2.75, 3.05) is 6.16 Å². The van der Waals surface area contributed by atoms with Crippen LogP contribution in [0.3, 0.4) is 0 Å². The Kier molecular flexibility index (Phi) is 5.56. The van der Waals surface area contributed by atoms with E-state index in [4.69, 9.17) is 0 Å². The maximum absolute atomic E-state index is 12.1. The summed E-state index contributed by atoms with van der Waals surface area (Å²) >= 11 is 0. The van der Waals surface area contributed by atoms with Crippen molar-refractivity contribution in [3.05, 3.63) is 12.7 Å². The van der Waals surface area contributed by atoms with Crippen LogP contribution in [0, 0.1) is 0 Å². The summed E-state index contributed by atoms with van der Waals surface area (Å²) in [4.78, 5) is 11.1. The zero-order valence-corrected chi connectivity index (χ0v) is 9.18. The van der Waals surface area contributed by atoms with Crippen molar-refractivity contribution in [3.63, 3.8) is 0 Å². The van der Waals surface area contributed by atoms with Crippen molar-refractivity contribution >= 4 is 7.60 Å². The fraction of sp³-hybridized carbons (Fsp3) is 0.750. The summed E-state index contributed by atoms with van der Waals surface area (Å²) in [5, 5.41) is 0. The number of alkyl halides is 3. The van der Waals surface area contributed by atoms with Crippen LogP contribution in [0.25, 0.3) is 0 Å². The number of rotatable bonds is 6. The Bertz CT molecular complexity index is 252. The molecule has 90 valence electrons. The lowest BCUT2D eigenvalue weighted by Gasteiger charge is -2.28. The van der Waals surface area contributed by atoms with Gasteiger partial charge in [0.25, 0.3) is 0 Å². The molecular weight excluding hydrogens is 232 g/mol. The number of hydrogen-bond donors (Lipinski definition) is 0. The average Bonchev–Trinajstić information content (AvgIpc) is 2.09. The van der Waals surface area contributed by atoms with Gasteiger partial charge in [-0.3, -0.25) is 0 Å². The lowest BCUT2D eigenvalue weighted by Crippen LogP contribution is -2.30. The minimum Gasteiger partial charge on any atom is -0.778 e. The summed E-state index contributed by atoms with van der Waals surface area (Å²) in [7, 11) is -4.42. The van der Waals surface area contributed by atoms with Gasteiger partial charge in [-0.2, -0.15) is 13.2 Å². The molecular formula is C8H13F3O3P-. The van der Waals surface area contributed by atoms with Crippen LogP contribution in [0.5, 0.6) is 0 Å². The molecule has 7 heteroatoms. The van der Waals surface area contributed by atoms with Gasteiger partial charge >= 0.3 is 6.18 Å². The van der Waals surface area contributed by atoms with E-state index < -0.39 is 19.9 Å². The highest BCUT2D eigenvalue weighted by Gasteiger charge is 2.40. The lowest BCUT2D eigenvalue weighted by molar-refractivity contribution is -0.229. The fourth-order valence-electron chi connectivity index (χ4n) is 0.814. The Hall–Kier alpha value is -0.320. The first kappa shape index (κ1) is 14.7. The Morgan fingerprint density at radius 2 is 2.13 bits per heavy atom. The van der Waals surface area contributed by atoms with Crippen molar-refractivity contribution in [1.29, 1.82) is 0 Å². The molecule has 0 aromatic heterocycles. The van der Waals surface area contributed by atoms with Gasteiger partial charge in [0.1, 0.15) is 7.60 Å². The van der Waals surface area contributed by atoms with E-state index in [2.05, 4.69) is 11.1 Å². The summed E-state index contributed by atoms with van der Waals surface area (Å²) < 4.78 is 51.4. The number of unbranched alkanes of at least 4 members (excludes halogenated alkanes) is 1. The molecule has 0 aromatic carbocycles. The van der Waals surface area contributed by atoms with Gasteiger partial charge in [-0.1, -0.05) is 19.4 Å². The molecule has 0 aromatic rings. The average molecular weight is 245 g/mol. The van der Waals surface area contributed by atoms with Gasteiger partial charge in [0.05, 0.1) is 0 Å². The Morgan fingerprint density at radius 3 is 2.47 bits per heavy atom. The van der Waals surface area contributed by atoms with E-state index in [9.17, 15) is 22.6 Å². The molecule has 0 amide bonds. The molecule has 0 aliphatic carbocycles. The minimum atomic E-state index is -4.74. The monoisotopic (exact) mass is 245 g/mol. The Labute approximate surface area is 86.5 Å². The summed E-state index contributed by atoms with van der Waals surface area (Å²) in [6, 6.07) is 0. The van der Waals surface area contributed by atoms with Gasteiger partial charge in [0, 0.05) is 6.16 Å². The van der Waals surface area contributed by atoms with Crippen molar-refractivity contribution in [3.8, 4) is 0 Å². The highest BCUT2D eigenvalue weighted by molar-refractivity contribution is 7.51. The maximum Gasteiger partial charge on any atom is 0.418 e. The van der Waals surface area contributed by atoms with Crippen LogP contribution >= 0.6 is 7.60 Å². The van der Waals surface area contributed by atoms with E-state index in [1.807, 2.05) is 0 Å². The van der Waals surface area contributed by atoms with Gasteiger partial charge < -0.3 is 14.0 Å². The molecule has 0 spiro atoms.